The Balaban J connectivity index is 1.84. The Kier molecular flexibility index (Phi) is 3.21. The van der Waals surface area contributed by atoms with Gasteiger partial charge in [-0.15, -0.1) is 0 Å². The maximum atomic E-state index is 11.5. The molecule has 0 aliphatic carbocycles. The highest BCUT2D eigenvalue weighted by Crippen LogP contribution is 2.13. The second kappa shape index (κ2) is 5.01. The summed E-state index contributed by atoms with van der Waals surface area (Å²) >= 11 is 0. The molecule has 0 spiro atoms. The molecule has 19 heavy (non-hydrogen) atoms. The fraction of sp³-hybridized carbons (Fsp3) is 0.429. The predicted octanol–water partition coefficient (Wildman–Crippen LogP) is 1.04. The van der Waals surface area contributed by atoms with Crippen molar-refractivity contribution in [2.75, 3.05) is 13.1 Å². The van der Waals surface area contributed by atoms with Crippen LogP contribution in [0.4, 0.5) is 0 Å². The highest BCUT2D eigenvalue weighted by atomic mass is 16.1. The maximum Gasteiger partial charge on any atom is 0.221 e. The number of rotatable bonds is 2. The largest absolute Gasteiger partial charge is 0.355 e. The second-order valence-corrected chi connectivity index (χ2v) is 5.05. The number of imidazole rings is 1. The molecular formula is C14H18N4O. The molecule has 1 fully saturated rings. The zero-order valence-electron chi connectivity index (χ0n) is 11.0. The van der Waals surface area contributed by atoms with Crippen LogP contribution < -0.4 is 5.32 Å². The normalized spacial score (nSPS) is 21.3. The van der Waals surface area contributed by atoms with Gasteiger partial charge in [0.1, 0.15) is 5.65 Å². The van der Waals surface area contributed by atoms with Crippen LogP contribution in [0.1, 0.15) is 19.0 Å². The lowest BCUT2D eigenvalue weighted by molar-refractivity contribution is -0.121. The Morgan fingerprint density at radius 2 is 2.37 bits per heavy atom. The Hall–Kier alpha value is -1.88. The molecule has 1 aliphatic heterocycles. The summed E-state index contributed by atoms with van der Waals surface area (Å²) < 4.78 is 2.10. The number of carbonyl (C=O) groups is 1. The molecule has 5 nitrogen and oxygen atoms in total. The molecule has 3 rings (SSSR count). The Bertz CT molecular complexity index is 592. The fourth-order valence-electron chi connectivity index (χ4n) is 2.61. The van der Waals surface area contributed by atoms with Crippen molar-refractivity contribution in [3.05, 3.63) is 36.3 Å². The van der Waals surface area contributed by atoms with Gasteiger partial charge in [0, 0.05) is 50.2 Å². The third-order valence-electron chi connectivity index (χ3n) is 3.70. The van der Waals surface area contributed by atoms with Crippen molar-refractivity contribution >= 4 is 11.6 Å². The van der Waals surface area contributed by atoms with E-state index in [1.165, 1.54) is 5.69 Å². The molecule has 3 heterocycles. The van der Waals surface area contributed by atoms with Gasteiger partial charge in [-0.1, -0.05) is 6.07 Å². The van der Waals surface area contributed by atoms with Crippen molar-refractivity contribution in [2.24, 2.45) is 0 Å². The van der Waals surface area contributed by atoms with Gasteiger partial charge in [-0.3, -0.25) is 9.69 Å². The number of pyridine rings is 1. The van der Waals surface area contributed by atoms with Crippen molar-refractivity contribution < 1.29 is 4.79 Å². The van der Waals surface area contributed by atoms with E-state index in [2.05, 4.69) is 32.6 Å². The smallest absolute Gasteiger partial charge is 0.221 e. The van der Waals surface area contributed by atoms with Gasteiger partial charge in [0.25, 0.3) is 0 Å². The Labute approximate surface area is 112 Å². The second-order valence-electron chi connectivity index (χ2n) is 5.05. The summed E-state index contributed by atoms with van der Waals surface area (Å²) in [5, 5.41) is 2.92. The van der Waals surface area contributed by atoms with Gasteiger partial charge in [-0.25, -0.2) is 4.98 Å². The van der Waals surface area contributed by atoms with Crippen molar-refractivity contribution in [3.8, 4) is 0 Å². The van der Waals surface area contributed by atoms with E-state index in [-0.39, 0.29) is 11.9 Å². The number of aromatic nitrogens is 2. The van der Waals surface area contributed by atoms with Gasteiger partial charge >= 0.3 is 0 Å². The summed E-state index contributed by atoms with van der Waals surface area (Å²) in [6, 6.07) is 6.41. The van der Waals surface area contributed by atoms with Crippen molar-refractivity contribution in [1.29, 1.82) is 0 Å². The minimum absolute atomic E-state index is 0.149. The Morgan fingerprint density at radius 3 is 3.26 bits per heavy atom. The molecule has 5 heteroatoms. The number of amides is 1. The zero-order valence-corrected chi connectivity index (χ0v) is 11.0. The van der Waals surface area contributed by atoms with E-state index in [1.807, 2.05) is 24.5 Å². The number of fused-ring (bicyclic) bond motifs is 1. The first-order valence-electron chi connectivity index (χ1n) is 6.66. The van der Waals surface area contributed by atoms with Crippen LogP contribution in [0, 0.1) is 0 Å². The molecule has 1 unspecified atom stereocenters. The summed E-state index contributed by atoms with van der Waals surface area (Å²) in [6.45, 7) is 4.56. The number of nitrogens with one attached hydrogen (secondary N) is 1. The summed E-state index contributed by atoms with van der Waals surface area (Å²) in [4.78, 5) is 18.1. The van der Waals surface area contributed by atoms with Crippen LogP contribution in [0.5, 0.6) is 0 Å². The van der Waals surface area contributed by atoms with Gasteiger partial charge in [0.2, 0.25) is 5.91 Å². The number of nitrogens with zero attached hydrogens (tertiary/aromatic N) is 3. The van der Waals surface area contributed by atoms with E-state index < -0.39 is 0 Å². The molecule has 1 aliphatic rings. The van der Waals surface area contributed by atoms with Gasteiger partial charge < -0.3 is 9.72 Å². The highest BCUT2D eigenvalue weighted by Gasteiger charge is 2.21. The van der Waals surface area contributed by atoms with Crippen LogP contribution in [-0.4, -0.2) is 39.3 Å². The molecular weight excluding hydrogens is 240 g/mol. The first-order valence-corrected chi connectivity index (χ1v) is 6.66. The average Bonchev–Trinajstić information content (AvgIpc) is 2.80. The number of hydrogen-bond donors (Lipinski definition) is 1. The minimum Gasteiger partial charge on any atom is -0.355 e. The SMILES string of the molecule is CC1CC(=O)NCCN1Cc1cccc2nccn12. The summed E-state index contributed by atoms with van der Waals surface area (Å²) in [6.07, 6.45) is 4.37. The molecule has 1 atom stereocenters. The van der Waals surface area contributed by atoms with Crippen LogP contribution >= 0.6 is 0 Å². The van der Waals surface area contributed by atoms with Crippen LogP contribution in [0.3, 0.4) is 0 Å². The standard InChI is InChI=1S/C14H18N4O/c1-11-9-14(19)16-5-7-17(11)10-12-3-2-4-13-15-6-8-18(12)13/h2-4,6,8,11H,5,7,9-10H2,1H3,(H,16,19). The van der Waals surface area contributed by atoms with Gasteiger partial charge in [-0.2, -0.15) is 0 Å². The minimum atomic E-state index is 0.149. The fourth-order valence-corrected chi connectivity index (χ4v) is 2.61. The molecule has 2 aromatic rings. The maximum absolute atomic E-state index is 11.5. The van der Waals surface area contributed by atoms with Crippen molar-refractivity contribution in [1.82, 2.24) is 19.6 Å². The first-order chi connectivity index (χ1) is 9.24. The quantitative estimate of drug-likeness (QED) is 0.876. The van der Waals surface area contributed by atoms with E-state index in [4.69, 9.17) is 0 Å². The average molecular weight is 258 g/mol. The van der Waals surface area contributed by atoms with Crippen LogP contribution in [0.15, 0.2) is 30.6 Å². The van der Waals surface area contributed by atoms with E-state index in [9.17, 15) is 4.79 Å². The van der Waals surface area contributed by atoms with Crippen LogP contribution in [0.25, 0.3) is 5.65 Å². The molecule has 1 amide bonds. The van der Waals surface area contributed by atoms with E-state index in [0.29, 0.717) is 6.42 Å². The topological polar surface area (TPSA) is 49.6 Å². The molecule has 100 valence electrons. The molecule has 0 radical (unpaired) electrons. The van der Waals surface area contributed by atoms with E-state index in [0.717, 1.165) is 25.3 Å². The molecule has 1 saturated heterocycles. The molecule has 2 aromatic heterocycles. The lowest BCUT2D eigenvalue weighted by Crippen LogP contribution is -2.34. The van der Waals surface area contributed by atoms with E-state index in [1.54, 1.807) is 0 Å². The van der Waals surface area contributed by atoms with Crippen LogP contribution in [-0.2, 0) is 11.3 Å². The molecule has 0 aromatic carbocycles. The third-order valence-corrected chi connectivity index (χ3v) is 3.70. The predicted molar refractivity (Wildman–Crippen MR) is 72.7 cm³/mol. The van der Waals surface area contributed by atoms with E-state index >= 15 is 0 Å². The van der Waals surface area contributed by atoms with Gasteiger partial charge in [-0.05, 0) is 19.1 Å². The van der Waals surface area contributed by atoms with Gasteiger partial charge in [0.15, 0.2) is 0 Å². The Morgan fingerprint density at radius 1 is 1.47 bits per heavy atom. The summed E-state index contributed by atoms with van der Waals surface area (Å²) in [7, 11) is 0. The van der Waals surface area contributed by atoms with Crippen molar-refractivity contribution in [2.45, 2.75) is 25.9 Å². The van der Waals surface area contributed by atoms with Crippen molar-refractivity contribution in [3.63, 3.8) is 0 Å². The molecule has 0 saturated carbocycles. The molecule has 0 bridgehead atoms. The van der Waals surface area contributed by atoms with Crippen LogP contribution in [0.2, 0.25) is 0 Å². The summed E-state index contributed by atoms with van der Waals surface area (Å²) in [5.74, 6) is 0.149. The number of hydrogen-bond acceptors (Lipinski definition) is 3. The highest BCUT2D eigenvalue weighted by molar-refractivity contribution is 5.76. The first kappa shape index (κ1) is 12.2. The monoisotopic (exact) mass is 258 g/mol. The van der Waals surface area contributed by atoms with Gasteiger partial charge in [0.05, 0.1) is 0 Å². The third kappa shape index (κ3) is 2.46. The lowest BCUT2D eigenvalue weighted by atomic mass is 10.2. The molecule has 1 N–H and O–H groups in total. The lowest BCUT2D eigenvalue weighted by Gasteiger charge is -2.26. The number of carbonyl (C=O) groups excluding carboxylic acids is 1. The summed E-state index contributed by atoms with van der Waals surface area (Å²) in [5.41, 5.74) is 2.17. The zero-order chi connectivity index (χ0) is 13.2.